The number of hydrogen-bond acceptors (Lipinski definition) is 4. The first kappa shape index (κ1) is 21.1. The van der Waals surface area contributed by atoms with Crippen molar-refractivity contribution in [2.45, 2.75) is 71.9 Å². The van der Waals surface area contributed by atoms with E-state index in [1.807, 2.05) is 0 Å². The molecule has 0 rings (SSSR count). The van der Waals surface area contributed by atoms with Gasteiger partial charge in [0, 0.05) is 31.5 Å². The second-order valence-electron chi connectivity index (χ2n) is 5.88. The van der Waals surface area contributed by atoms with Gasteiger partial charge in [0.25, 0.3) is 0 Å². The van der Waals surface area contributed by atoms with Crippen LogP contribution in [-0.2, 0) is 19.1 Å². The highest BCUT2D eigenvalue weighted by molar-refractivity contribution is 5.86. The van der Waals surface area contributed by atoms with Gasteiger partial charge in [0.1, 0.15) is 0 Å². The monoisotopic (exact) mass is 326 g/mol. The zero-order valence-corrected chi connectivity index (χ0v) is 14.7. The number of rotatable bonds is 11. The Hall–Kier alpha value is -1.85. The number of ether oxygens (including phenoxy) is 1. The lowest BCUT2D eigenvalue weighted by atomic mass is 9.99. The van der Waals surface area contributed by atoms with Crippen LogP contribution in [-0.4, -0.2) is 36.5 Å². The number of carbonyl (C=O) groups excluding carboxylic acids is 3. The number of nitrogens with one attached hydrogen (secondary N) is 2. The average Bonchev–Trinajstić information content (AvgIpc) is 2.41. The van der Waals surface area contributed by atoms with Crippen LogP contribution in [0.1, 0.15) is 59.8 Å². The van der Waals surface area contributed by atoms with E-state index in [0.29, 0.717) is 31.4 Å². The highest BCUT2D eigenvalue weighted by Crippen LogP contribution is 2.11. The molecule has 0 aromatic carbocycles. The fraction of sp³-hybridized carbons (Fsp3) is 0.706. The van der Waals surface area contributed by atoms with Gasteiger partial charge in [-0.25, -0.2) is 4.79 Å². The van der Waals surface area contributed by atoms with Crippen molar-refractivity contribution in [2.75, 3.05) is 6.61 Å². The van der Waals surface area contributed by atoms with Gasteiger partial charge in [-0.2, -0.15) is 0 Å². The third-order valence-electron chi connectivity index (χ3n) is 3.30. The molecule has 0 radical (unpaired) electrons. The lowest BCUT2D eigenvalue weighted by molar-refractivity contribution is -0.139. The van der Waals surface area contributed by atoms with Crippen LogP contribution >= 0.6 is 0 Å². The third kappa shape index (κ3) is 11.4. The van der Waals surface area contributed by atoms with Crippen LogP contribution in [0, 0.1) is 0 Å². The minimum atomic E-state index is -0.400. The van der Waals surface area contributed by atoms with Crippen molar-refractivity contribution >= 4 is 17.8 Å². The Morgan fingerprint density at radius 2 is 1.52 bits per heavy atom. The van der Waals surface area contributed by atoms with E-state index >= 15 is 0 Å². The molecule has 0 saturated heterocycles. The van der Waals surface area contributed by atoms with Crippen molar-refractivity contribution in [2.24, 2.45) is 0 Å². The van der Waals surface area contributed by atoms with E-state index in [0.717, 1.165) is 12.8 Å². The molecular weight excluding hydrogens is 296 g/mol. The van der Waals surface area contributed by atoms with Gasteiger partial charge in [-0.05, 0) is 32.6 Å². The standard InChI is InChI=1S/C17H30N2O4/c1-6-8-15(18-13(4)20)11-16(19-14(5)21)9-7-10-23-17(22)12(2)3/h15-16H,2,6-11H2,1,3-5H3,(H,18,20)(H,19,21). The molecule has 0 saturated carbocycles. The van der Waals surface area contributed by atoms with Gasteiger partial charge >= 0.3 is 5.97 Å². The van der Waals surface area contributed by atoms with Crippen LogP contribution in [0.2, 0.25) is 0 Å². The maximum atomic E-state index is 11.4. The Morgan fingerprint density at radius 3 is 1.96 bits per heavy atom. The van der Waals surface area contributed by atoms with E-state index in [9.17, 15) is 14.4 Å². The first-order chi connectivity index (χ1) is 10.8. The summed E-state index contributed by atoms with van der Waals surface area (Å²) in [6.45, 7) is 10.4. The van der Waals surface area contributed by atoms with Crippen LogP contribution in [0.15, 0.2) is 12.2 Å². The quantitative estimate of drug-likeness (QED) is 0.346. The molecule has 0 aliphatic carbocycles. The van der Waals surface area contributed by atoms with Crippen molar-refractivity contribution in [1.82, 2.24) is 10.6 Å². The lowest BCUT2D eigenvalue weighted by Crippen LogP contribution is -2.42. The molecule has 2 amide bonds. The molecule has 132 valence electrons. The lowest BCUT2D eigenvalue weighted by Gasteiger charge is -2.24. The summed E-state index contributed by atoms with van der Waals surface area (Å²) in [5.74, 6) is -0.574. The summed E-state index contributed by atoms with van der Waals surface area (Å²) in [7, 11) is 0. The summed E-state index contributed by atoms with van der Waals surface area (Å²) in [5, 5.41) is 5.83. The Kier molecular flexibility index (Phi) is 10.7. The maximum Gasteiger partial charge on any atom is 0.333 e. The van der Waals surface area contributed by atoms with Gasteiger partial charge in [-0.3, -0.25) is 9.59 Å². The molecule has 2 atom stereocenters. The first-order valence-corrected chi connectivity index (χ1v) is 8.13. The SMILES string of the molecule is C=C(C)C(=O)OCCCC(CC(CCC)NC(C)=O)NC(C)=O. The Bertz CT molecular complexity index is 421. The molecule has 2 N–H and O–H groups in total. The smallest absolute Gasteiger partial charge is 0.333 e. The van der Waals surface area contributed by atoms with Gasteiger partial charge < -0.3 is 15.4 Å². The Labute approximate surface area is 139 Å². The molecule has 23 heavy (non-hydrogen) atoms. The van der Waals surface area contributed by atoms with Gasteiger partial charge in [0.2, 0.25) is 11.8 Å². The van der Waals surface area contributed by atoms with Crippen LogP contribution in [0.25, 0.3) is 0 Å². The van der Waals surface area contributed by atoms with Crippen molar-refractivity contribution in [3.63, 3.8) is 0 Å². The average molecular weight is 326 g/mol. The van der Waals surface area contributed by atoms with E-state index in [4.69, 9.17) is 4.74 Å². The normalized spacial score (nSPS) is 12.9. The van der Waals surface area contributed by atoms with E-state index in [2.05, 4.69) is 24.1 Å². The van der Waals surface area contributed by atoms with E-state index in [1.165, 1.54) is 13.8 Å². The predicted octanol–water partition coefficient (Wildman–Crippen LogP) is 2.09. The highest BCUT2D eigenvalue weighted by Gasteiger charge is 2.18. The number of esters is 1. The molecule has 0 bridgehead atoms. The summed E-state index contributed by atoms with van der Waals surface area (Å²) < 4.78 is 5.05. The van der Waals surface area contributed by atoms with Gasteiger partial charge in [0.15, 0.2) is 0 Å². The van der Waals surface area contributed by atoms with Gasteiger partial charge in [-0.15, -0.1) is 0 Å². The molecule has 0 fully saturated rings. The highest BCUT2D eigenvalue weighted by atomic mass is 16.5. The summed E-state index contributed by atoms with van der Waals surface area (Å²) in [6.07, 6.45) is 3.81. The Morgan fingerprint density at radius 1 is 1.00 bits per heavy atom. The number of hydrogen-bond donors (Lipinski definition) is 2. The summed E-state index contributed by atoms with van der Waals surface area (Å²) in [5.41, 5.74) is 0.372. The van der Waals surface area contributed by atoms with Crippen LogP contribution < -0.4 is 10.6 Å². The molecular formula is C17H30N2O4. The van der Waals surface area contributed by atoms with Crippen LogP contribution in [0.3, 0.4) is 0 Å². The largest absolute Gasteiger partial charge is 0.462 e. The zero-order valence-electron chi connectivity index (χ0n) is 14.7. The number of carbonyl (C=O) groups is 3. The molecule has 6 heteroatoms. The summed E-state index contributed by atoms with van der Waals surface area (Å²) in [6, 6.07) is -0.0215. The third-order valence-corrected chi connectivity index (χ3v) is 3.30. The number of amides is 2. The fourth-order valence-corrected chi connectivity index (χ4v) is 2.38. The van der Waals surface area contributed by atoms with Crippen molar-refractivity contribution in [1.29, 1.82) is 0 Å². The van der Waals surface area contributed by atoms with E-state index in [1.54, 1.807) is 6.92 Å². The van der Waals surface area contributed by atoms with Gasteiger partial charge in [-0.1, -0.05) is 19.9 Å². The van der Waals surface area contributed by atoms with Crippen molar-refractivity contribution < 1.29 is 19.1 Å². The molecule has 6 nitrogen and oxygen atoms in total. The van der Waals surface area contributed by atoms with Crippen LogP contribution in [0.4, 0.5) is 0 Å². The topological polar surface area (TPSA) is 84.5 Å². The minimum Gasteiger partial charge on any atom is -0.462 e. The first-order valence-electron chi connectivity index (χ1n) is 8.13. The van der Waals surface area contributed by atoms with Crippen molar-refractivity contribution in [3.8, 4) is 0 Å². The molecule has 0 aliphatic heterocycles. The molecule has 0 aromatic heterocycles. The summed E-state index contributed by atoms with van der Waals surface area (Å²) >= 11 is 0. The van der Waals surface area contributed by atoms with Crippen LogP contribution in [0.5, 0.6) is 0 Å². The molecule has 0 heterocycles. The molecule has 0 aromatic rings. The summed E-state index contributed by atoms with van der Waals surface area (Å²) in [4.78, 5) is 33.9. The molecule has 0 spiro atoms. The second kappa shape index (κ2) is 11.7. The maximum absolute atomic E-state index is 11.4. The Balaban J connectivity index is 4.43. The minimum absolute atomic E-state index is 0.0346. The predicted molar refractivity (Wildman–Crippen MR) is 89.7 cm³/mol. The van der Waals surface area contributed by atoms with Gasteiger partial charge in [0.05, 0.1) is 6.61 Å². The van der Waals surface area contributed by atoms with E-state index < -0.39 is 5.97 Å². The second-order valence-corrected chi connectivity index (χ2v) is 5.88. The molecule has 2 unspecified atom stereocenters. The van der Waals surface area contributed by atoms with E-state index in [-0.39, 0.29) is 23.9 Å². The zero-order chi connectivity index (χ0) is 17.8. The van der Waals surface area contributed by atoms with Crippen molar-refractivity contribution in [3.05, 3.63) is 12.2 Å². The fourth-order valence-electron chi connectivity index (χ4n) is 2.38. The molecule has 0 aliphatic rings.